The third-order valence-electron chi connectivity index (χ3n) is 4.93. The molecule has 166 valence electrons. The molecule has 1 aromatic carbocycles. The van der Waals surface area contributed by atoms with E-state index in [1.165, 1.54) is 0 Å². The highest BCUT2D eigenvalue weighted by Crippen LogP contribution is 2.17. The Balaban J connectivity index is 1.29. The lowest BCUT2D eigenvalue weighted by molar-refractivity contribution is 0.0945. The van der Waals surface area contributed by atoms with Crippen LogP contribution in [-0.2, 0) is 13.1 Å². The predicted octanol–water partition coefficient (Wildman–Crippen LogP) is 3.49. The molecule has 0 aliphatic heterocycles. The summed E-state index contributed by atoms with van der Waals surface area (Å²) in [5.74, 6) is 2.64. The van der Waals surface area contributed by atoms with Gasteiger partial charge >= 0.3 is 0 Å². The molecule has 0 radical (unpaired) electrons. The van der Waals surface area contributed by atoms with E-state index in [9.17, 15) is 4.79 Å². The van der Waals surface area contributed by atoms with Crippen molar-refractivity contribution in [2.75, 3.05) is 13.1 Å². The summed E-state index contributed by atoms with van der Waals surface area (Å²) in [6.07, 6.45) is 4.22. The van der Waals surface area contributed by atoms with E-state index in [1.54, 1.807) is 18.5 Å². The molecule has 9 heteroatoms. The van der Waals surface area contributed by atoms with Gasteiger partial charge in [0, 0.05) is 26.9 Å². The zero-order valence-corrected chi connectivity index (χ0v) is 18.2. The van der Waals surface area contributed by atoms with E-state index in [4.69, 9.17) is 8.83 Å². The second-order valence-electron chi connectivity index (χ2n) is 7.54. The van der Waals surface area contributed by atoms with Crippen LogP contribution in [0.15, 0.2) is 57.6 Å². The quantitative estimate of drug-likeness (QED) is 0.367. The molecule has 0 fully saturated rings. The van der Waals surface area contributed by atoms with E-state index in [1.807, 2.05) is 44.2 Å². The van der Waals surface area contributed by atoms with Crippen LogP contribution >= 0.6 is 0 Å². The number of nitrogens with zero attached hydrogens (tertiary/aromatic N) is 4. The summed E-state index contributed by atoms with van der Waals surface area (Å²) < 4.78 is 11.2. The number of rotatable bonds is 10. The summed E-state index contributed by atoms with van der Waals surface area (Å²) in [5, 5.41) is 9.99. The van der Waals surface area contributed by atoms with Crippen molar-refractivity contribution in [3.8, 4) is 11.3 Å². The van der Waals surface area contributed by atoms with Crippen LogP contribution < -0.4 is 5.32 Å². The van der Waals surface area contributed by atoms with Crippen molar-refractivity contribution < 1.29 is 13.6 Å². The molecule has 4 rings (SSSR count). The summed E-state index contributed by atoms with van der Waals surface area (Å²) in [6.45, 7) is 6.08. The van der Waals surface area contributed by atoms with Crippen LogP contribution in [0.5, 0.6) is 0 Å². The molecular weight excluding hydrogens is 408 g/mol. The van der Waals surface area contributed by atoms with Gasteiger partial charge in [-0.15, -0.1) is 0 Å². The smallest absolute Gasteiger partial charge is 0.271 e. The third kappa shape index (κ3) is 5.70. The Morgan fingerprint density at radius 2 is 1.69 bits per heavy atom. The average molecular weight is 435 g/mol. The Kier molecular flexibility index (Phi) is 6.76. The summed E-state index contributed by atoms with van der Waals surface area (Å²) in [4.78, 5) is 23.0. The number of aryl methyl sites for hydroxylation is 2. The Morgan fingerprint density at radius 3 is 2.28 bits per heavy atom. The largest absolute Gasteiger partial charge is 0.445 e. The number of oxazole rings is 2. The number of benzene rings is 1. The maximum atomic E-state index is 12.5. The molecule has 0 bridgehead atoms. The van der Waals surface area contributed by atoms with Gasteiger partial charge in [0.2, 0.25) is 0 Å². The van der Waals surface area contributed by atoms with Crippen LogP contribution in [0.1, 0.15) is 40.2 Å². The number of nitrogens with one attached hydrogen (secondary N) is 2. The lowest BCUT2D eigenvalue weighted by atomic mass is 10.1. The molecule has 3 heterocycles. The van der Waals surface area contributed by atoms with Gasteiger partial charge in [-0.25, -0.2) is 9.97 Å². The summed E-state index contributed by atoms with van der Waals surface area (Å²) in [7, 11) is 0. The molecule has 1 amide bonds. The fraction of sp³-hybridized carbons (Fsp3) is 0.304. The number of aromatic nitrogens is 4. The first kappa shape index (κ1) is 21.5. The van der Waals surface area contributed by atoms with Crippen LogP contribution in [-0.4, -0.2) is 44.1 Å². The van der Waals surface area contributed by atoms with Crippen LogP contribution in [0, 0.1) is 13.8 Å². The van der Waals surface area contributed by atoms with Gasteiger partial charge in [-0.3, -0.25) is 14.8 Å². The summed E-state index contributed by atoms with van der Waals surface area (Å²) in [6, 6.07) is 11.5. The highest BCUT2D eigenvalue weighted by Gasteiger charge is 2.14. The monoisotopic (exact) mass is 434 g/mol. The van der Waals surface area contributed by atoms with E-state index >= 15 is 0 Å². The van der Waals surface area contributed by atoms with Crippen molar-refractivity contribution in [3.63, 3.8) is 0 Å². The zero-order chi connectivity index (χ0) is 22.3. The van der Waals surface area contributed by atoms with Gasteiger partial charge in [0.25, 0.3) is 5.91 Å². The minimum absolute atomic E-state index is 0.202. The van der Waals surface area contributed by atoms with E-state index in [-0.39, 0.29) is 5.91 Å². The third-order valence-corrected chi connectivity index (χ3v) is 4.93. The SMILES string of the molecule is Cc1ncc(CN(CCCNC(=O)c2cc(-c3ccccc3)[nH]n2)Cc2cnc(C)o2)o1. The Morgan fingerprint density at radius 1 is 1.03 bits per heavy atom. The van der Waals surface area contributed by atoms with E-state index < -0.39 is 0 Å². The predicted molar refractivity (Wildman–Crippen MR) is 118 cm³/mol. The molecule has 0 atom stereocenters. The zero-order valence-electron chi connectivity index (χ0n) is 18.2. The van der Waals surface area contributed by atoms with Gasteiger partial charge in [0.1, 0.15) is 11.5 Å². The van der Waals surface area contributed by atoms with Crippen LogP contribution in [0.25, 0.3) is 11.3 Å². The van der Waals surface area contributed by atoms with Gasteiger partial charge in [0.05, 0.1) is 31.2 Å². The normalized spacial score (nSPS) is 11.2. The Labute approximate surface area is 185 Å². The van der Waals surface area contributed by atoms with E-state index in [0.717, 1.165) is 35.7 Å². The molecular formula is C23H26N6O3. The summed E-state index contributed by atoms with van der Waals surface area (Å²) in [5.41, 5.74) is 2.17. The standard InChI is InChI=1S/C23H26N6O3/c1-16-25-12-19(31-16)14-29(15-20-13-26-17(2)32-20)10-6-9-24-23(30)22-11-21(27-28-22)18-7-4-3-5-8-18/h3-5,7-8,11-13H,6,9-10,14-15H2,1-2H3,(H,24,30)(H,27,28). The lowest BCUT2D eigenvalue weighted by Crippen LogP contribution is -2.29. The molecule has 32 heavy (non-hydrogen) atoms. The first-order valence-corrected chi connectivity index (χ1v) is 10.5. The second kappa shape index (κ2) is 10.1. The minimum Gasteiger partial charge on any atom is -0.445 e. The van der Waals surface area contributed by atoms with E-state index in [2.05, 4.69) is 30.4 Å². The molecule has 4 aromatic rings. The van der Waals surface area contributed by atoms with Crippen LogP contribution in [0.2, 0.25) is 0 Å². The van der Waals surface area contributed by atoms with Gasteiger partial charge in [-0.1, -0.05) is 30.3 Å². The number of hydrogen-bond acceptors (Lipinski definition) is 7. The lowest BCUT2D eigenvalue weighted by Gasteiger charge is -2.19. The maximum Gasteiger partial charge on any atom is 0.271 e. The van der Waals surface area contributed by atoms with Crippen molar-refractivity contribution in [2.24, 2.45) is 0 Å². The van der Waals surface area contributed by atoms with Crippen molar-refractivity contribution in [3.05, 3.63) is 77.8 Å². The van der Waals surface area contributed by atoms with E-state index in [0.29, 0.717) is 37.1 Å². The molecule has 9 nitrogen and oxygen atoms in total. The van der Waals surface area contributed by atoms with Gasteiger partial charge in [-0.2, -0.15) is 5.10 Å². The number of carbonyl (C=O) groups excluding carboxylic acids is 1. The first-order chi connectivity index (χ1) is 15.6. The van der Waals surface area contributed by atoms with Crippen molar-refractivity contribution in [2.45, 2.75) is 33.4 Å². The molecule has 3 aromatic heterocycles. The molecule has 0 saturated carbocycles. The van der Waals surface area contributed by atoms with Gasteiger partial charge in [0.15, 0.2) is 17.5 Å². The highest BCUT2D eigenvalue weighted by molar-refractivity contribution is 5.93. The number of H-pyrrole nitrogens is 1. The number of carbonyl (C=O) groups is 1. The van der Waals surface area contributed by atoms with Crippen molar-refractivity contribution in [1.82, 2.24) is 30.4 Å². The Hall–Kier alpha value is -3.72. The maximum absolute atomic E-state index is 12.5. The topological polar surface area (TPSA) is 113 Å². The number of amides is 1. The highest BCUT2D eigenvalue weighted by atomic mass is 16.4. The molecule has 0 aliphatic rings. The Bertz CT molecular complexity index is 1110. The van der Waals surface area contributed by atoms with Crippen LogP contribution in [0.3, 0.4) is 0 Å². The van der Waals surface area contributed by atoms with Crippen molar-refractivity contribution >= 4 is 5.91 Å². The molecule has 0 spiro atoms. The fourth-order valence-electron chi connectivity index (χ4n) is 3.41. The number of hydrogen-bond donors (Lipinski definition) is 2. The molecule has 0 aliphatic carbocycles. The van der Waals surface area contributed by atoms with Crippen LogP contribution in [0.4, 0.5) is 0 Å². The summed E-state index contributed by atoms with van der Waals surface area (Å²) >= 11 is 0. The average Bonchev–Trinajstić information content (AvgIpc) is 3.53. The first-order valence-electron chi connectivity index (χ1n) is 10.5. The second-order valence-corrected chi connectivity index (χ2v) is 7.54. The number of aromatic amines is 1. The minimum atomic E-state index is -0.202. The molecule has 0 unspecified atom stereocenters. The molecule has 2 N–H and O–H groups in total. The fourth-order valence-corrected chi connectivity index (χ4v) is 3.41. The van der Waals surface area contributed by atoms with Gasteiger partial charge in [-0.05, 0) is 18.1 Å². The molecule has 0 saturated heterocycles. The van der Waals surface area contributed by atoms with Crippen molar-refractivity contribution in [1.29, 1.82) is 0 Å². The van der Waals surface area contributed by atoms with Gasteiger partial charge < -0.3 is 14.2 Å².